The van der Waals surface area contributed by atoms with E-state index < -0.39 is 35.9 Å². The Balaban J connectivity index is 1.78. The standard InChI is InChI=1S/C38H52N8O8/c1-25(2)18-20-43(34(48)24-44(21-19-35(49)54-41)36(50)30-22-29(52-6)16-17-32(30)53-7)23-33(47)38(4,5)42-27-12-14-28(15-13-27)45(39)37(51)46(40)31-11-9-8-10-26(31)3/h8-17,22,25,42H,18-21,23-24,39-41H2,1-7H3. The summed E-state index contributed by atoms with van der Waals surface area (Å²) in [5, 5.41) is 5.09. The lowest BCUT2D eigenvalue weighted by atomic mass is 9.97. The molecule has 0 aliphatic rings. The van der Waals surface area contributed by atoms with Gasteiger partial charge in [-0.15, -0.1) is 0 Å². The highest BCUT2D eigenvalue weighted by Crippen LogP contribution is 2.26. The molecule has 0 bridgehead atoms. The predicted octanol–water partition coefficient (Wildman–Crippen LogP) is 3.78. The number of ketones is 1. The Morgan fingerprint density at radius 1 is 0.833 bits per heavy atom. The van der Waals surface area contributed by atoms with Crippen LogP contribution in [0.25, 0.3) is 0 Å². The number of Topliss-reactive ketones (excluding diaryl/α,β-unsaturated/α-hetero) is 1. The molecule has 0 aliphatic heterocycles. The average Bonchev–Trinajstić information content (AvgIpc) is 3.16. The van der Waals surface area contributed by atoms with Crippen molar-refractivity contribution in [3.8, 4) is 11.5 Å². The van der Waals surface area contributed by atoms with Crippen LogP contribution in [-0.4, -0.2) is 85.3 Å². The van der Waals surface area contributed by atoms with Gasteiger partial charge in [0.1, 0.15) is 18.0 Å². The van der Waals surface area contributed by atoms with E-state index in [1.807, 2.05) is 32.9 Å². The maximum atomic E-state index is 13.9. The number of aryl methyl sites for hydroxylation is 1. The third-order valence-electron chi connectivity index (χ3n) is 8.72. The van der Waals surface area contributed by atoms with Crippen molar-refractivity contribution in [3.63, 3.8) is 0 Å². The molecule has 0 atom stereocenters. The molecule has 54 heavy (non-hydrogen) atoms. The highest BCUT2D eigenvalue weighted by atomic mass is 16.7. The highest BCUT2D eigenvalue weighted by molar-refractivity contribution is 6.03. The van der Waals surface area contributed by atoms with Gasteiger partial charge < -0.3 is 29.4 Å². The number of anilines is 3. The number of ether oxygens (including phenoxy) is 2. The molecule has 0 radical (unpaired) electrons. The van der Waals surface area contributed by atoms with Gasteiger partial charge in [0.25, 0.3) is 5.91 Å². The largest absolute Gasteiger partial charge is 0.497 e. The summed E-state index contributed by atoms with van der Waals surface area (Å²) < 4.78 is 10.7. The highest BCUT2D eigenvalue weighted by Gasteiger charge is 2.32. The molecule has 0 spiro atoms. The molecule has 16 heteroatoms. The fourth-order valence-corrected chi connectivity index (χ4v) is 5.33. The Morgan fingerprint density at radius 3 is 2.09 bits per heavy atom. The number of urea groups is 1. The number of hydrogen-bond acceptors (Lipinski definition) is 12. The lowest BCUT2D eigenvalue weighted by Gasteiger charge is -2.32. The van der Waals surface area contributed by atoms with Crippen molar-refractivity contribution in [1.29, 1.82) is 0 Å². The number of carbonyl (C=O) groups is 5. The molecule has 0 aliphatic carbocycles. The van der Waals surface area contributed by atoms with Gasteiger partial charge in [-0.25, -0.2) is 26.5 Å². The topological polar surface area (TPSA) is 216 Å². The molecule has 0 heterocycles. The molecule has 292 valence electrons. The first-order chi connectivity index (χ1) is 25.5. The van der Waals surface area contributed by atoms with Gasteiger partial charge in [0.15, 0.2) is 5.78 Å². The van der Waals surface area contributed by atoms with Gasteiger partial charge in [0.2, 0.25) is 5.91 Å². The van der Waals surface area contributed by atoms with Crippen molar-refractivity contribution < 1.29 is 38.3 Å². The van der Waals surface area contributed by atoms with E-state index in [9.17, 15) is 24.0 Å². The number of rotatable bonds is 18. The second kappa shape index (κ2) is 19.4. The maximum Gasteiger partial charge on any atom is 0.357 e. The molecule has 3 rings (SSSR count). The number of amides is 4. The van der Waals surface area contributed by atoms with Crippen molar-refractivity contribution in [2.75, 3.05) is 55.7 Å². The zero-order valence-electron chi connectivity index (χ0n) is 32.0. The number of nitrogens with two attached hydrogens (primary N) is 3. The lowest BCUT2D eigenvalue weighted by Crippen LogP contribution is -2.51. The van der Waals surface area contributed by atoms with Gasteiger partial charge in [0, 0.05) is 18.8 Å². The molecule has 0 saturated heterocycles. The summed E-state index contributed by atoms with van der Waals surface area (Å²) in [5.74, 6) is 15.9. The van der Waals surface area contributed by atoms with E-state index >= 15 is 0 Å². The first-order valence-corrected chi connectivity index (χ1v) is 17.3. The summed E-state index contributed by atoms with van der Waals surface area (Å²) in [6.45, 7) is 8.51. The van der Waals surface area contributed by atoms with E-state index in [1.54, 1.807) is 62.4 Å². The van der Waals surface area contributed by atoms with Gasteiger partial charge in [-0.1, -0.05) is 32.0 Å². The van der Waals surface area contributed by atoms with Crippen LogP contribution >= 0.6 is 0 Å². The molecule has 3 aromatic carbocycles. The van der Waals surface area contributed by atoms with Gasteiger partial charge in [-0.05, 0) is 87.2 Å². The van der Waals surface area contributed by atoms with E-state index in [1.165, 1.54) is 30.1 Å². The van der Waals surface area contributed by atoms with Crippen LogP contribution in [0.5, 0.6) is 11.5 Å². The number of nitrogens with zero attached hydrogens (tertiary/aromatic N) is 4. The van der Waals surface area contributed by atoms with Crippen LogP contribution in [0, 0.1) is 12.8 Å². The first-order valence-electron chi connectivity index (χ1n) is 17.3. The Kier molecular flexibility index (Phi) is 15.3. The number of benzene rings is 3. The third-order valence-corrected chi connectivity index (χ3v) is 8.72. The summed E-state index contributed by atoms with van der Waals surface area (Å²) in [6.07, 6.45) is 0.305. The summed E-state index contributed by atoms with van der Waals surface area (Å²) in [5.41, 5.74) is 1.16. The number of carbonyl (C=O) groups excluding carboxylic acids is 5. The smallest absolute Gasteiger partial charge is 0.357 e. The van der Waals surface area contributed by atoms with Gasteiger partial charge in [-0.2, -0.15) is 5.90 Å². The van der Waals surface area contributed by atoms with Crippen LogP contribution in [-0.2, 0) is 19.2 Å². The van der Waals surface area contributed by atoms with E-state index in [4.69, 9.17) is 27.1 Å². The van der Waals surface area contributed by atoms with E-state index in [2.05, 4.69) is 10.2 Å². The van der Waals surface area contributed by atoms with Gasteiger partial charge in [-0.3, -0.25) is 19.2 Å². The minimum atomic E-state index is -1.16. The fourth-order valence-electron chi connectivity index (χ4n) is 5.33. The third kappa shape index (κ3) is 11.4. The molecule has 16 nitrogen and oxygen atoms in total. The zero-order valence-corrected chi connectivity index (χ0v) is 32.0. The monoisotopic (exact) mass is 748 g/mol. The second-order valence-electron chi connectivity index (χ2n) is 13.6. The molecule has 0 aromatic heterocycles. The summed E-state index contributed by atoms with van der Waals surface area (Å²) in [4.78, 5) is 73.5. The van der Waals surface area contributed by atoms with Crippen LogP contribution in [0.3, 0.4) is 0 Å². The van der Waals surface area contributed by atoms with E-state index in [0.717, 1.165) is 15.6 Å². The summed E-state index contributed by atoms with van der Waals surface area (Å²) >= 11 is 0. The number of hydrazine groups is 2. The van der Waals surface area contributed by atoms with Gasteiger partial charge >= 0.3 is 12.0 Å². The number of hydrogen-bond donors (Lipinski definition) is 4. The van der Waals surface area contributed by atoms with Gasteiger partial charge in [0.05, 0.1) is 49.7 Å². The SMILES string of the molecule is COc1ccc(OC)c(C(=O)N(CCC(=O)ON)CC(=O)N(CCC(C)C)CC(=O)C(C)(C)Nc2ccc(N(N)C(=O)N(N)c3ccccc3C)cc2)c1. The molecule has 0 saturated carbocycles. The quantitative estimate of drug-likeness (QED) is 0.0831. The zero-order chi connectivity index (χ0) is 40.2. The maximum absolute atomic E-state index is 13.9. The van der Waals surface area contributed by atoms with Crippen LogP contribution in [0.4, 0.5) is 21.9 Å². The minimum Gasteiger partial charge on any atom is -0.497 e. The normalized spacial score (nSPS) is 11.0. The molecular formula is C38H52N8O8. The van der Waals surface area contributed by atoms with E-state index in [0.29, 0.717) is 29.2 Å². The number of methoxy groups -OCH3 is 2. The summed E-state index contributed by atoms with van der Waals surface area (Å²) in [7, 11) is 2.85. The summed E-state index contributed by atoms with van der Waals surface area (Å²) in [6, 6.07) is 17.7. The molecule has 0 fully saturated rings. The van der Waals surface area contributed by atoms with Crippen LogP contribution in [0.15, 0.2) is 66.7 Å². The van der Waals surface area contributed by atoms with Crippen molar-refractivity contribution in [2.45, 2.75) is 53.0 Å². The minimum absolute atomic E-state index is 0.112. The first kappa shape index (κ1) is 42.7. The van der Waals surface area contributed by atoms with E-state index in [-0.39, 0.29) is 49.1 Å². The Labute approximate surface area is 315 Å². The average molecular weight is 749 g/mol. The molecule has 7 N–H and O–H groups in total. The van der Waals surface area contributed by atoms with Crippen LogP contribution in [0.1, 0.15) is 56.5 Å². The number of nitrogens with one attached hydrogen (secondary N) is 1. The second-order valence-corrected chi connectivity index (χ2v) is 13.6. The van der Waals surface area contributed by atoms with Crippen molar-refractivity contribution in [2.24, 2.45) is 23.5 Å². The molecular weight excluding hydrogens is 696 g/mol. The molecule has 4 amide bonds. The Bertz CT molecular complexity index is 1780. The van der Waals surface area contributed by atoms with Crippen LogP contribution < -0.4 is 42.4 Å². The predicted molar refractivity (Wildman–Crippen MR) is 205 cm³/mol. The lowest BCUT2D eigenvalue weighted by molar-refractivity contribution is -0.144. The molecule has 3 aromatic rings. The van der Waals surface area contributed by atoms with Crippen molar-refractivity contribution in [3.05, 3.63) is 77.9 Å². The fraction of sp³-hybridized carbons (Fsp3) is 0.395. The Hall–Kier alpha value is -5.71. The number of para-hydroxylation sites is 1. The van der Waals surface area contributed by atoms with Crippen molar-refractivity contribution in [1.82, 2.24) is 9.80 Å². The molecule has 0 unspecified atom stereocenters. The van der Waals surface area contributed by atoms with Crippen LogP contribution in [0.2, 0.25) is 0 Å². The Morgan fingerprint density at radius 2 is 1.50 bits per heavy atom. The van der Waals surface area contributed by atoms with Crippen molar-refractivity contribution >= 4 is 46.7 Å².